The molecule has 4 rings (SSSR count). The third-order valence-electron chi connectivity index (χ3n) is 4.01. The number of para-hydroxylation sites is 1. The summed E-state index contributed by atoms with van der Waals surface area (Å²) in [6.07, 6.45) is 2.66. The van der Waals surface area contributed by atoms with Gasteiger partial charge < -0.3 is 15.2 Å². The summed E-state index contributed by atoms with van der Waals surface area (Å²) in [5.74, 6) is 0.871. The number of nitrogens with two attached hydrogens (primary N) is 1. The highest BCUT2D eigenvalue weighted by molar-refractivity contribution is 7.15. The fourth-order valence-corrected chi connectivity index (χ4v) is 3.97. The van der Waals surface area contributed by atoms with Gasteiger partial charge in [-0.25, -0.2) is 4.98 Å². The summed E-state index contributed by atoms with van der Waals surface area (Å²) in [4.78, 5) is 18.3. The van der Waals surface area contributed by atoms with E-state index in [1.165, 1.54) is 16.2 Å². The van der Waals surface area contributed by atoms with Crippen molar-refractivity contribution in [2.24, 2.45) is 5.73 Å². The molecule has 24 heavy (non-hydrogen) atoms. The van der Waals surface area contributed by atoms with Gasteiger partial charge in [0, 0.05) is 10.9 Å². The summed E-state index contributed by atoms with van der Waals surface area (Å²) >= 11 is 1.50. The average Bonchev–Trinajstić information content (AvgIpc) is 2.95. The SMILES string of the molecule is Cl.N[C@H]1CCc2nc(NC(=O)c3cccc4c3OCCO4)sc2C1. The van der Waals surface area contributed by atoms with Crippen molar-refractivity contribution in [3.05, 3.63) is 34.3 Å². The first-order valence-electron chi connectivity index (χ1n) is 7.65. The van der Waals surface area contributed by atoms with Crippen molar-refractivity contribution in [1.82, 2.24) is 4.98 Å². The van der Waals surface area contributed by atoms with E-state index < -0.39 is 0 Å². The highest BCUT2D eigenvalue weighted by atomic mass is 35.5. The molecular formula is C16H18ClN3O3S. The van der Waals surface area contributed by atoms with E-state index in [0.717, 1.165) is 25.0 Å². The predicted molar refractivity (Wildman–Crippen MR) is 94.7 cm³/mol. The van der Waals surface area contributed by atoms with Gasteiger partial charge in [-0.1, -0.05) is 6.07 Å². The number of nitrogens with zero attached hydrogens (tertiary/aromatic N) is 1. The molecule has 1 atom stereocenters. The lowest BCUT2D eigenvalue weighted by molar-refractivity contribution is 0.101. The van der Waals surface area contributed by atoms with Gasteiger partial charge in [0.15, 0.2) is 16.6 Å². The fraction of sp³-hybridized carbons (Fsp3) is 0.375. The van der Waals surface area contributed by atoms with Crippen molar-refractivity contribution in [3.63, 3.8) is 0 Å². The molecule has 0 bridgehead atoms. The minimum absolute atomic E-state index is 0. The van der Waals surface area contributed by atoms with Gasteiger partial charge in [-0.05, 0) is 31.4 Å². The van der Waals surface area contributed by atoms with Crippen LogP contribution in [0.25, 0.3) is 0 Å². The normalized spacial score (nSPS) is 18.3. The topological polar surface area (TPSA) is 86.5 Å². The molecule has 1 amide bonds. The number of benzene rings is 1. The number of carbonyl (C=O) groups is 1. The summed E-state index contributed by atoms with van der Waals surface area (Å²) in [6.45, 7) is 0.943. The Morgan fingerprint density at radius 2 is 2.17 bits per heavy atom. The zero-order valence-electron chi connectivity index (χ0n) is 12.9. The minimum Gasteiger partial charge on any atom is -0.486 e. The maximum absolute atomic E-state index is 12.6. The number of aryl methyl sites for hydroxylation is 1. The van der Waals surface area contributed by atoms with Gasteiger partial charge >= 0.3 is 0 Å². The molecule has 2 heterocycles. The van der Waals surface area contributed by atoms with Gasteiger partial charge in [0.05, 0.1) is 11.3 Å². The Labute approximate surface area is 149 Å². The number of hydrogen-bond acceptors (Lipinski definition) is 6. The van der Waals surface area contributed by atoms with Gasteiger partial charge in [-0.3, -0.25) is 10.1 Å². The van der Waals surface area contributed by atoms with Crippen LogP contribution in [0.5, 0.6) is 11.5 Å². The van der Waals surface area contributed by atoms with Crippen molar-refractivity contribution in [1.29, 1.82) is 0 Å². The second-order valence-electron chi connectivity index (χ2n) is 5.68. The Morgan fingerprint density at radius 3 is 3.04 bits per heavy atom. The lowest BCUT2D eigenvalue weighted by atomic mass is 9.99. The van der Waals surface area contributed by atoms with Crippen LogP contribution in [0.15, 0.2) is 18.2 Å². The minimum atomic E-state index is -0.234. The van der Waals surface area contributed by atoms with Gasteiger partial charge in [0.1, 0.15) is 13.2 Å². The molecule has 0 radical (unpaired) electrons. The molecule has 1 aliphatic heterocycles. The number of ether oxygens (including phenoxy) is 2. The van der Waals surface area contributed by atoms with E-state index in [-0.39, 0.29) is 24.4 Å². The van der Waals surface area contributed by atoms with Crippen molar-refractivity contribution in [2.75, 3.05) is 18.5 Å². The average molecular weight is 368 g/mol. The first kappa shape index (κ1) is 17.0. The maximum Gasteiger partial charge on any atom is 0.261 e. The Balaban J connectivity index is 0.00000169. The van der Waals surface area contributed by atoms with Crippen LogP contribution >= 0.6 is 23.7 Å². The molecule has 0 fully saturated rings. The molecule has 0 unspecified atom stereocenters. The summed E-state index contributed by atoms with van der Waals surface area (Å²) in [5, 5.41) is 3.49. The highest BCUT2D eigenvalue weighted by Gasteiger charge is 2.23. The number of thiazole rings is 1. The molecule has 0 saturated carbocycles. The highest BCUT2D eigenvalue weighted by Crippen LogP contribution is 2.35. The Morgan fingerprint density at radius 1 is 1.33 bits per heavy atom. The number of aromatic nitrogens is 1. The number of rotatable bonds is 2. The maximum atomic E-state index is 12.6. The Bertz CT molecular complexity index is 765. The number of carbonyl (C=O) groups excluding carboxylic acids is 1. The van der Waals surface area contributed by atoms with Crippen LogP contribution in [-0.2, 0) is 12.8 Å². The molecule has 2 aliphatic rings. The third-order valence-corrected chi connectivity index (χ3v) is 5.04. The summed E-state index contributed by atoms with van der Waals surface area (Å²) < 4.78 is 11.1. The van der Waals surface area contributed by atoms with Gasteiger partial charge in [0.25, 0.3) is 5.91 Å². The number of amides is 1. The molecule has 1 aromatic carbocycles. The lowest BCUT2D eigenvalue weighted by Gasteiger charge is -2.20. The zero-order chi connectivity index (χ0) is 15.8. The van der Waals surface area contributed by atoms with Crippen LogP contribution in [0.2, 0.25) is 0 Å². The molecule has 3 N–H and O–H groups in total. The quantitative estimate of drug-likeness (QED) is 0.851. The number of fused-ring (bicyclic) bond motifs is 2. The van der Waals surface area contributed by atoms with E-state index in [9.17, 15) is 4.79 Å². The van der Waals surface area contributed by atoms with E-state index in [2.05, 4.69) is 10.3 Å². The van der Waals surface area contributed by atoms with E-state index in [1.54, 1.807) is 18.2 Å². The van der Waals surface area contributed by atoms with Gasteiger partial charge in [-0.15, -0.1) is 23.7 Å². The molecule has 2 aromatic rings. The van der Waals surface area contributed by atoms with Crippen LogP contribution in [0, 0.1) is 0 Å². The standard InChI is InChI=1S/C16H17N3O3S.ClH/c17-9-4-5-11-13(8-9)23-16(18-11)19-15(20)10-2-1-3-12-14(10)22-7-6-21-12;/h1-3,9H,4-8,17H2,(H,18,19,20);1H/t9-;/m0./s1. The fourth-order valence-electron chi connectivity index (χ4n) is 2.87. The van der Waals surface area contributed by atoms with Crippen LogP contribution in [0.4, 0.5) is 5.13 Å². The van der Waals surface area contributed by atoms with Crippen molar-refractivity contribution in [3.8, 4) is 11.5 Å². The first-order chi connectivity index (χ1) is 11.2. The summed E-state index contributed by atoms with van der Waals surface area (Å²) in [5.41, 5.74) is 7.51. The lowest BCUT2D eigenvalue weighted by Crippen LogP contribution is -2.27. The monoisotopic (exact) mass is 367 g/mol. The summed E-state index contributed by atoms with van der Waals surface area (Å²) in [6, 6.07) is 5.51. The van der Waals surface area contributed by atoms with Gasteiger partial charge in [-0.2, -0.15) is 0 Å². The van der Waals surface area contributed by atoms with E-state index >= 15 is 0 Å². The molecule has 1 aromatic heterocycles. The van der Waals surface area contributed by atoms with Crippen molar-refractivity contribution in [2.45, 2.75) is 25.3 Å². The van der Waals surface area contributed by atoms with Crippen LogP contribution in [-0.4, -0.2) is 30.1 Å². The molecule has 128 valence electrons. The largest absolute Gasteiger partial charge is 0.486 e. The molecular weight excluding hydrogens is 350 g/mol. The number of halogens is 1. The molecule has 0 spiro atoms. The second kappa shape index (κ2) is 6.96. The van der Waals surface area contributed by atoms with Crippen LogP contribution in [0.1, 0.15) is 27.3 Å². The molecule has 0 saturated heterocycles. The third kappa shape index (κ3) is 3.19. The van der Waals surface area contributed by atoms with E-state index in [4.69, 9.17) is 15.2 Å². The smallest absolute Gasteiger partial charge is 0.261 e. The molecule has 8 heteroatoms. The van der Waals surface area contributed by atoms with Crippen molar-refractivity contribution >= 4 is 34.8 Å². The number of hydrogen-bond donors (Lipinski definition) is 2. The Kier molecular flexibility index (Phi) is 4.93. The van der Waals surface area contributed by atoms with Gasteiger partial charge in [0.2, 0.25) is 0 Å². The molecule has 1 aliphatic carbocycles. The second-order valence-corrected chi connectivity index (χ2v) is 6.76. The number of anilines is 1. The zero-order valence-corrected chi connectivity index (χ0v) is 14.5. The Hall–Kier alpha value is -1.83. The first-order valence-corrected chi connectivity index (χ1v) is 8.46. The van der Waals surface area contributed by atoms with E-state index in [0.29, 0.717) is 35.4 Å². The van der Waals surface area contributed by atoms with Crippen molar-refractivity contribution < 1.29 is 14.3 Å². The predicted octanol–water partition coefficient (Wildman–Crippen LogP) is 2.40. The van der Waals surface area contributed by atoms with Crippen LogP contribution < -0.4 is 20.5 Å². The summed E-state index contributed by atoms with van der Waals surface area (Å²) in [7, 11) is 0. The number of nitrogens with one attached hydrogen (secondary N) is 1. The van der Waals surface area contributed by atoms with E-state index in [1.807, 2.05) is 0 Å². The molecule has 6 nitrogen and oxygen atoms in total. The van der Waals surface area contributed by atoms with Crippen LogP contribution in [0.3, 0.4) is 0 Å².